The van der Waals surface area contributed by atoms with Crippen LogP contribution in [0.2, 0.25) is 0 Å². The zero-order valence-corrected chi connectivity index (χ0v) is 16.9. The first kappa shape index (κ1) is 20.1. The van der Waals surface area contributed by atoms with Gasteiger partial charge in [-0.3, -0.25) is 9.78 Å². The van der Waals surface area contributed by atoms with Gasteiger partial charge in [-0.1, -0.05) is 42.5 Å². The first-order chi connectivity index (χ1) is 13.2. The Kier molecular flexibility index (Phi) is 6.48. The Balaban J connectivity index is 0.00000225. The molecule has 1 saturated heterocycles. The second kappa shape index (κ2) is 9.03. The molecule has 1 aromatic heterocycles. The molecule has 1 aliphatic rings. The Morgan fingerprint density at radius 1 is 1.04 bits per heavy atom. The van der Waals surface area contributed by atoms with Crippen molar-refractivity contribution in [3.05, 3.63) is 77.6 Å². The molecule has 2 aromatic carbocycles. The molecule has 3 nitrogen and oxygen atoms in total. The summed E-state index contributed by atoms with van der Waals surface area (Å²) in [4.78, 5) is 19.7. The molecule has 0 amide bonds. The number of aromatic nitrogens is 1. The number of allylic oxidation sites excluding steroid dienone is 1. The topological polar surface area (TPSA) is 33.2 Å². The molecule has 144 valence electrons. The van der Waals surface area contributed by atoms with Gasteiger partial charge in [0.1, 0.15) is 0 Å². The summed E-state index contributed by atoms with van der Waals surface area (Å²) < 4.78 is 0. The Labute approximate surface area is 172 Å². The van der Waals surface area contributed by atoms with Gasteiger partial charge in [0, 0.05) is 30.5 Å². The molecule has 0 radical (unpaired) electrons. The molecular formula is C24H25ClN2O. The fraction of sp³-hybridized carbons (Fsp3) is 0.250. The molecule has 3 aromatic rings. The van der Waals surface area contributed by atoms with E-state index in [0.717, 1.165) is 35.1 Å². The van der Waals surface area contributed by atoms with Gasteiger partial charge < -0.3 is 4.90 Å². The lowest BCUT2D eigenvalue weighted by Crippen LogP contribution is -2.30. The summed E-state index contributed by atoms with van der Waals surface area (Å²) in [5, 5.41) is 2.07. The van der Waals surface area contributed by atoms with Crippen molar-refractivity contribution in [2.24, 2.45) is 0 Å². The number of aryl methyl sites for hydroxylation is 1. The molecule has 0 N–H and O–H groups in total. The van der Waals surface area contributed by atoms with Crippen LogP contribution in [0.4, 0.5) is 5.69 Å². The van der Waals surface area contributed by atoms with Crippen LogP contribution in [0.3, 0.4) is 0 Å². The van der Waals surface area contributed by atoms with Gasteiger partial charge in [0.25, 0.3) is 0 Å². The van der Waals surface area contributed by atoms with Crippen LogP contribution in [-0.2, 0) is 0 Å². The third-order valence-corrected chi connectivity index (χ3v) is 5.25. The summed E-state index contributed by atoms with van der Waals surface area (Å²) in [6, 6.07) is 15.9. The smallest absolute Gasteiger partial charge is 0.186 e. The van der Waals surface area contributed by atoms with Crippen LogP contribution in [0.1, 0.15) is 40.9 Å². The summed E-state index contributed by atoms with van der Waals surface area (Å²) in [5.74, 6) is 0.00805. The number of pyridine rings is 1. The number of hydrogen-bond acceptors (Lipinski definition) is 3. The summed E-state index contributed by atoms with van der Waals surface area (Å²) in [7, 11) is 0. The number of ketones is 1. The van der Waals surface area contributed by atoms with Gasteiger partial charge in [-0.2, -0.15) is 0 Å². The SMILES string of the molecule is Cc1cnc(/C=C/C(=O)c2cccc3ccccc23)cc1N1CCCCC1.Cl. The average molecular weight is 393 g/mol. The number of carbonyl (C=O) groups is 1. The molecule has 0 unspecified atom stereocenters. The van der Waals surface area contributed by atoms with Gasteiger partial charge in [-0.05, 0) is 60.7 Å². The number of benzene rings is 2. The van der Waals surface area contributed by atoms with Crippen molar-refractivity contribution in [3.8, 4) is 0 Å². The molecule has 4 heteroatoms. The van der Waals surface area contributed by atoms with Crippen molar-refractivity contribution >= 4 is 40.7 Å². The summed E-state index contributed by atoms with van der Waals surface area (Å²) in [5.41, 5.74) is 3.99. The molecular weight excluding hydrogens is 368 g/mol. The molecule has 0 spiro atoms. The number of nitrogens with zero attached hydrogens (tertiary/aromatic N) is 2. The predicted molar refractivity (Wildman–Crippen MR) is 120 cm³/mol. The van der Waals surface area contributed by atoms with Gasteiger partial charge >= 0.3 is 0 Å². The lowest BCUT2D eigenvalue weighted by atomic mass is 10.0. The summed E-state index contributed by atoms with van der Waals surface area (Å²) in [6.07, 6.45) is 9.17. The first-order valence-corrected chi connectivity index (χ1v) is 9.64. The van der Waals surface area contributed by atoms with E-state index < -0.39 is 0 Å². The lowest BCUT2D eigenvalue weighted by molar-refractivity contribution is 0.104. The van der Waals surface area contributed by atoms with Gasteiger partial charge in [0.05, 0.1) is 5.69 Å². The van der Waals surface area contributed by atoms with Gasteiger partial charge in [0.15, 0.2) is 5.78 Å². The Morgan fingerprint density at radius 2 is 1.79 bits per heavy atom. The van der Waals surface area contributed by atoms with Crippen LogP contribution in [-0.4, -0.2) is 23.9 Å². The fourth-order valence-corrected chi connectivity index (χ4v) is 3.79. The molecule has 1 fully saturated rings. The molecule has 0 bridgehead atoms. The van der Waals surface area contributed by atoms with Gasteiger partial charge in [0.2, 0.25) is 0 Å². The normalized spacial score (nSPS) is 14.2. The van der Waals surface area contributed by atoms with Crippen molar-refractivity contribution in [1.82, 2.24) is 4.98 Å². The molecule has 0 saturated carbocycles. The van der Waals surface area contributed by atoms with E-state index >= 15 is 0 Å². The number of halogens is 1. The van der Waals surface area contributed by atoms with E-state index in [-0.39, 0.29) is 18.2 Å². The van der Waals surface area contributed by atoms with Crippen molar-refractivity contribution in [2.75, 3.05) is 18.0 Å². The Hall–Kier alpha value is -2.65. The molecule has 0 aliphatic carbocycles. The van der Waals surface area contributed by atoms with E-state index in [9.17, 15) is 4.79 Å². The largest absolute Gasteiger partial charge is 0.371 e. The predicted octanol–water partition coefficient (Wildman–Crippen LogP) is 5.85. The lowest BCUT2D eigenvalue weighted by Gasteiger charge is -2.30. The Morgan fingerprint density at radius 3 is 2.61 bits per heavy atom. The van der Waals surface area contributed by atoms with Crippen LogP contribution in [0.5, 0.6) is 0 Å². The third-order valence-electron chi connectivity index (χ3n) is 5.25. The molecule has 28 heavy (non-hydrogen) atoms. The monoisotopic (exact) mass is 392 g/mol. The number of hydrogen-bond donors (Lipinski definition) is 0. The van der Waals surface area contributed by atoms with Crippen molar-refractivity contribution in [2.45, 2.75) is 26.2 Å². The Bertz CT molecular complexity index is 1000. The van der Waals surface area contributed by atoms with E-state index in [1.165, 1.54) is 30.5 Å². The highest BCUT2D eigenvalue weighted by atomic mass is 35.5. The van der Waals surface area contributed by atoms with E-state index in [2.05, 4.69) is 22.9 Å². The van der Waals surface area contributed by atoms with E-state index in [1.54, 1.807) is 6.08 Å². The minimum atomic E-state index is 0. The highest BCUT2D eigenvalue weighted by Gasteiger charge is 2.13. The minimum absolute atomic E-state index is 0. The van der Waals surface area contributed by atoms with Crippen LogP contribution in [0.25, 0.3) is 16.8 Å². The van der Waals surface area contributed by atoms with Crippen LogP contribution in [0, 0.1) is 6.92 Å². The maximum Gasteiger partial charge on any atom is 0.186 e. The quantitative estimate of drug-likeness (QED) is 0.412. The van der Waals surface area contributed by atoms with E-state index in [4.69, 9.17) is 0 Å². The summed E-state index contributed by atoms with van der Waals surface area (Å²) in [6.45, 7) is 4.30. The van der Waals surface area contributed by atoms with Gasteiger partial charge in [-0.15, -0.1) is 12.4 Å². The minimum Gasteiger partial charge on any atom is -0.371 e. The second-order valence-electron chi connectivity index (χ2n) is 7.17. The highest BCUT2D eigenvalue weighted by Crippen LogP contribution is 2.25. The van der Waals surface area contributed by atoms with Crippen molar-refractivity contribution in [1.29, 1.82) is 0 Å². The number of piperidine rings is 1. The van der Waals surface area contributed by atoms with E-state index in [1.807, 2.05) is 54.7 Å². The molecule has 4 rings (SSSR count). The molecule has 1 aliphatic heterocycles. The fourth-order valence-electron chi connectivity index (χ4n) is 3.79. The maximum absolute atomic E-state index is 12.8. The van der Waals surface area contributed by atoms with Crippen LogP contribution in [0.15, 0.2) is 60.8 Å². The average Bonchev–Trinajstić information content (AvgIpc) is 2.73. The second-order valence-corrected chi connectivity index (χ2v) is 7.17. The highest BCUT2D eigenvalue weighted by molar-refractivity contribution is 6.14. The number of fused-ring (bicyclic) bond motifs is 1. The molecule has 0 atom stereocenters. The summed E-state index contributed by atoms with van der Waals surface area (Å²) >= 11 is 0. The molecule has 2 heterocycles. The number of rotatable bonds is 4. The van der Waals surface area contributed by atoms with Crippen LogP contribution >= 0.6 is 12.4 Å². The van der Waals surface area contributed by atoms with Crippen molar-refractivity contribution < 1.29 is 4.79 Å². The standard InChI is InChI=1S/C24H24N2O.ClH/c1-18-17-25-20(16-23(18)26-14-5-2-6-15-26)12-13-24(27)22-11-7-9-19-8-3-4-10-21(19)22;/h3-4,7-13,16-17H,2,5-6,14-15H2,1H3;1H/b13-12+;. The zero-order chi connectivity index (χ0) is 18.6. The maximum atomic E-state index is 12.8. The third kappa shape index (κ3) is 4.26. The van der Waals surface area contributed by atoms with Crippen molar-refractivity contribution in [3.63, 3.8) is 0 Å². The first-order valence-electron chi connectivity index (χ1n) is 9.64. The number of carbonyl (C=O) groups excluding carboxylic acids is 1. The zero-order valence-electron chi connectivity index (χ0n) is 16.1. The van der Waals surface area contributed by atoms with Crippen LogP contribution < -0.4 is 4.90 Å². The number of anilines is 1. The van der Waals surface area contributed by atoms with Gasteiger partial charge in [-0.25, -0.2) is 0 Å². The van der Waals surface area contributed by atoms with E-state index in [0.29, 0.717) is 0 Å².